The Balaban J connectivity index is 1.87. The topological polar surface area (TPSA) is 41.3 Å². The minimum Gasteiger partial charge on any atom is -0.392 e. The minimum absolute atomic E-state index is 0.294. The fourth-order valence-corrected chi connectivity index (χ4v) is 3.22. The molecule has 1 saturated heterocycles. The van der Waals surface area contributed by atoms with Gasteiger partial charge in [0.05, 0.1) is 24.4 Å². The third kappa shape index (κ3) is 3.43. The Morgan fingerprint density at radius 3 is 2.75 bits per heavy atom. The Hall–Kier alpha value is -1.57. The lowest BCUT2D eigenvalue weighted by Gasteiger charge is -2.24. The zero-order chi connectivity index (χ0) is 17.5. The minimum atomic E-state index is -4.38. The van der Waals surface area contributed by atoms with Crippen molar-refractivity contribution in [2.75, 3.05) is 6.54 Å². The van der Waals surface area contributed by atoms with Gasteiger partial charge in [0, 0.05) is 19.6 Å². The van der Waals surface area contributed by atoms with Gasteiger partial charge in [-0.2, -0.15) is 13.2 Å². The number of halogens is 4. The van der Waals surface area contributed by atoms with Gasteiger partial charge in [-0.3, -0.25) is 4.90 Å². The number of benzene rings is 1. The SMILES string of the molecule is Cn1c(Cl)cnc1CN1CC(O)CC1c1cccc(C(F)(F)F)c1. The zero-order valence-electron chi connectivity index (χ0n) is 13.0. The van der Waals surface area contributed by atoms with Crippen molar-refractivity contribution in [1.29, 1.82) is 0 Å². The number of alkyl halides is 3. The van der Waals surface area contributed by atoms with Crippen LogP contribution in [-0.4, -0.2) is 32.2 Å². The molecule has 24 heavy (non-hydrogen) atoms. The molecule has 2 aromatic rings. The fourth-order valence-electron chi connectivity index (χ4n) is 3.08. The number of rotatable bonds is 3. The van der Waals surface area contributed by atoms with Crippen molar-refractivity contribution in [2.24, 2.45) is 7.05 Å². The maximum absolute atomic E-state index is 12.9. The van der Waals surface area contributed by atoms with Crippen molar-refractivity contribution in [1.82, 2.24) is 14.5 Å². The second kappa shape index (κ2) is 6.38. The summed E-state index contributed by atoms with van der Waals surface area (Å²) in [5.74, 6) is 0.700. The predicted octanol–water partition coefficient (Wildman–Crippen LogP) is 3.40. The maximum Gasteiger partial charge on any atom is 0.416 e. The summed E-state index contributed by atoms with van der Waals surface area (Å²) in [6.45, 7) is 0.784. The van der Waals surface area contributed by atoms with Gasteiger partial charge in [-0.1, -0.05) is 23.7 Å². The molecule has 4 nitrogen and oxygen atoms in total. The first kappa shape index (κ1) is 17.3. The van der Waals surface area contributed by atoms with Crippen molar-refractivity contribution in [3.63, 3.8) is 0 Å². The smallest absolute Gasteiger partial charge is 0.392 e. The van der Waals surface area contributed by atoms with Crippen LogP contribution in [0, 0.1) is 0 Å². The van der Waals surface area contributed by atoms with Gasteiger partial charge in [0.2, 0.25) is 0 Å². The van der Waals surface area contributed by atoms with Gasteiger partial charge in [-0.15, -0.1) is 0 Å². The molecule has 2 atom stereocenters. The number of aliphatic hydroxyl groups excluding tert-OH is 1. The van der Waals surface area contributed by atoms with Gasteiger partial charge in [0.25, 0.3) is 0 Å². The van der Waals surface area contributed by atoms with E-state index in [-0.39, 0.29) is 6.04 Å². The molecule has 2 unspecified atom stereocenters. The molecule has 0 spiro atoms. The highest BCUT2D eigenvalue weighted by Gasteiger charge is 2.35. The van der Waals surface area contributed by atoms with Crippen molar-refractivity contribution < 1.29 is 18.3 Å². The van der Waals surface area contributed by atoms with E-state index in [1.807, 2.05) is 4.90 Å². The zero-order valence-corrected chi connectivity index (χ0v) is 13.7. The highest BCUT2D eigenvalue weighted by atomic mass is 35.5. The van der Waals surface area contributed by atoms with Crippen LogP contribution in [-0.2, 0) is 19.8 Å². The number of aromatic nitrogens is 2. The van der Waals surface area contributed by atoms with Crippen LogP contribution in [0.15, 0.2) is 30.5 Å². The molecule has 0 bridgehead atoms. The Morgan fingerprint density at radius 2 is 2.12 bits per heavy atom. The molecule has 1 aliphatic rings. The first-order chi connectivity index (χ1) is 11.3. The Morgan fingerprint density at radius 1 is 1.38 bits per heavy atom. The van der Waals surface area contributed by atoms with Gasteiger partial charge >= 0.3 is 6.18 Å². The summed E-state index contributed by atoms with van der Waals surface area (Å²) in [4.78, 5) is 6.15. The molecule has 0 saturated carbocycles. The van der Waals surface area contributed by atoms with Crippen LogP contribution in [0.3, 0.4) is 0 Å². The largest absolute Gasteiger partial charge is 0.416 e. The molecule has 8 heteroatoms. The summed E-state index contributed by atoms with van der Waals surface area (Å²) in [6.07, 6.45) is -3.05. The molecule has 130 valence electrons. The molecule has 1 aliphatic heterocycles. The average Bonchev–Trinajstić information content (AvgIpc) is 3.04. The van der Waals surface area contributed by atoms with E-state index in [1.54, 1.807) is 17.7 Å². The fraction of sp³-hybridized carbons (Fsp3) is 0.438. The highest BCUT2D eigenvalue weighted by Crippen LogP contribution is 2.36. The summed E-state index contributed by atoms with van der Waals surface area (Å²) in [5.41, 5.74) is -0.136. The monoisotopic (exact) mass is 359 g/mol. The van der Waals surface area contributed by atoms with Crippen LogP contribution in [0.1, 0.15) is 29.4 Å². The van der Waals surface area contributed by atoms with Crippen LogP contribution < -0.4 is 0 Å². The van der Waals surface area contributed by atoms with Gasteiger partial charge in [-0.05, 0) is 24.1 Å². The van der Waals surface area contributed by atoms with E-state index in [9.17, 15) is 18.3 Å². The van der Waals surface area contributed by atoms with Crippen LogP contribution in [0.4, 0.5) is 13.2 Å². The van der Waals surface area contributed by atoms with E-state index in [2.05, 4.69) is 4.98 Å². The van der Waals surface area contributed by atoms with Crippen LogP contribution in [0.25, 0.3) is 0 Å². The third-order valence-electron chi connectivity index (χ3n) is 4.35. The second-order valence-electron chi connectivity index (χ2n) is 6.01. The Kier molecular flexibility index (Phi) is 4.59. The van der Waals surface area contributed by atoms with E-state index in [4.69, 9.17) is 11.6 Å². The molecule has 3 rings (SSSR count). The molecule has 0 amide bonds. The summed E-state index contributed by atoms with van der Waals surface area (Å²) in [5, 5.41) is 10.5. The number of β-amino-alcohol motifs (C(OH)–C–C–N with tert-alkyl or cyclic N) is 1. The summed E-state index contributed by atoms with van der Waals surface area (Å²) in [6, 6.07) is 4.98. The van der Waals surface area contributed by atoms with Crippen LogP contribution in [0.5, 0.6) is 0 Å². The third-order valence-corrected chi connectivity index (χ3v) is 4.70. The van der Waals surface area contributed by atoms with E-state index in [0.717, 1.165) is 12.1 Å². The lowest BCUT2D eigenvalue weighted by Crippen LogP contribution is -2.26. The van der Waals surface area contributed by atoms with E-state index < -0.39 is 17.8 Å². The maximum atomic E-state index is 12.9. The second-order valence-corrected chi connectivity index (χ2v) is 6.40. The first-order valence-electron chi connectivity index (χ1n) is 7.51. The number of hydrogen-bond acceptors (Lipinski definition) is 3. The van der Waals surface area contributed by atoms with Crippen molar-refractivity contribution >= 4 is 11.6 Å². The predicted molar refractivity (Wildman–Crippen MR) is 83.4 cm³/mol. The van der Waals surface area contributed by atoms with Gasteiger partial charge in [0.1, 0.15) is 11.0 Å². The van der Waals surface area contributed by atoms with Crippen LogP contribution in [0.2, 0.25) is 5.15 Å². The lowest BCUT2D eigenvalue weighted by molar-refractivity contribution is -0.137. The number of likely N-dealkylation sites (tertiary alicyclic amines) is 1. The standard InChI is InChI=1S/C16H17ClF3N3O/c1-22-14(17)7-21-15(22)9-23-8-12(24)6-13(23)10-3-2-4-11(5-10)16(18,19)20/h2-5,7,12-13,24H,6,8-9H2,1H3. The van der Waals surface area contributed by atoms with Crippen molar-refractivity contribution in [2.45, 2.75) is 31.3 Å². The molecular formula is C16H17ClF3N3O. The number of hydrogen-bond donors (Lipinski definition) is 1. The Bertz CT molecular complexity index is 732. The highest BCUT2D eigenvalue weighted by molar-refractivity contribution is 6.29. The normalized spacial score (nSPS) is 22.2. The number of nitrogens with zero attached hydrogens (tertiary/aromatic N) is 3. The molecule has 1 N–H and O–H groups in total. The lowest BCUT2D eigenvalue weighted by atomic mass is 10.0. The van der Waals surface area contributed by atoms with Gasteiger partial charge in [-0.25, -0.2) is 4.98 Å². The molecule has 0 radical (unpaired) electrons. The quantitative estimate of drug-likeness (QED) is 0.913. The summed E-state index contributed by atoms with van der Waals surface area (Å²) in [7, 11) is 1.77. The molecule has 1 aromatic heterocycles. The van der Waals surface area contributed by atoms with Crippen molar-refractivity contribution in [3.8, 4) is 0 Å². The molecular weight excluding hydrogens is 343 g/mol. The van der Waals surface area contributed by atoms with E-state index in [0.29, 0.717) is 36.1 Å². The molecule has 2 heterocycles. The molecule has 0 aliphatic carbocycles. The summed E-state index contributed by atoms with van der Waals surface area (Å²) >= 11 is 5.98. The number of imidazole rings is 1. The van der Waals surface area contributed by atoms with E-state index >= 15 is 0 Å². The van der Waals surface area contributed by atoms with Gasteiger partial charge in [0.15, 0.2) is 0 Å². The van der Waals surface area contributed by atoms with E-state index in [1.165, 1.54) is 12.3 Å². The molecule has 1 aromatic carbocycles. The Labute approximate surface area is 142 Å². The number of aliphatic hydroxyl groups is 1. The average molecular weight is 360 g/mol. The summed E-state index contributed by atoms with van der Waals surface area (Å²) < 4.78 is 40.5. The molecule has 1 fully saturated rings. The van der Waals surface area contributed by atoms with Gasteiger partial charge < -0.3 is 9.67 Å². The first-order valence-corrected chi connectivity index (χ1v) is 7.89. The van der Waals surface area contributed by atoms with Crippen LogP contribution >= 0.6 is 11.6 Å². The van der Waals surface area contributed by atoms with Crippen molar-refractivity contribution in [3.05, 3.63) is 52.6 Å².